The van der Waals surface area contributed by atoms with Gasteiger partial charge in [-0.25, -0.2) is 9.67 Å². The summed E-state index contributed by atoms with van der Waals surface area (Å²) < 4.78 is 3.71. The minimum atomic E-state index is 0.376. The van der Waals surface area contributed by atoms with E-state index in [1.54, 1.807) is 6.33 Å². The summed E-state index contributed by atoms with van der Waals surface area (Å²) in [4.78, 5) is 6.96. The molecule has 1 aliphatic heterocycles. The average Bonchev–Trinajstić information content (AvgIpc) is 3.25. The maximum atomic E-state index is 4.64. The highest BCUT2D eigenvalue weighted by atomic mass is 32.2. The topological polar surface area (TPSA) is 51.8 Å². The molecule has 1 unspecified atom stereocenters. The predicted molar refractivity (Wildman–Crippen MR) is 95.0 cm³/mol. The monoisotopic (exact) mass is 340 g/mol. The van der Waals surface area contributed by atoms with E-state index < -0.39 is 0 Å². The molecule has 3 heterocycles. The van der Waals surface area contributed by atoms with Crippen LogP contribution in [0.5, 0.6) is 0 Å². The number of benzene rings is 1. The van der Waals surface area contributed by atoms with Crippen LogP contribution in [0.25, 0.3) is 5.69 Å². The van der Waals surface area contributed by atoms with Crippen molar-refractivity contribution in [2.24, 2.45) is 7.05 Å². The van der Waals surface area contributed by atoms with Crippen LogP contribution in [0.15, 0.2) is 49.1 Å². The van der Waals surface area contributed by atoms with Crippen LogP contribution in [0.3, 0.4) is 0 Å². The summed E-state index contributed by atoms with van der Waals surface area (Å²) in [6.45, 7) is 1.81. The zero-order valence-corrected chi connectivity index (χ0v) is 14.4. The highest BCUT2D eigenvalue weighted by Crippen LogP contribution is 2.30. The standard InChI is InChI=1S/C17H20N6S/c1-21-10-14(9-19-21)16-12-24-8-7-22(16)11-17-18-13-23(20-17)15-5-3-2-4-6-15/h2-6,9-10,13,16H,7-8,11-12H2,1H3. The second-order valence-corrected chi connectivity index (χ2v) is 7.10. The Morgan fingerprint density at radius 1 is 1.25 bits per heavy atom. The van der Waals surface area contributed by atoms with Gasteiger partial charge in [-0.1, -0.05) is 18.2 Å². The van der Waals surface area contributed by atoms with Gasteiger partial charge < -0.3 is 0 Å². The van der Waals surface area contributed by atoms with Crippen molar-refractivity contribution in [3.8, 4) is 5.69 Å². The molecule has 1 aliphatic rings. The largest absolute Gasteiger partial charge is 0.287 e. The first-order valence-electron chi connectivity index (χ1n) is 8.06. The van der Waals surface area contributed by atoms with Gasteiger partial charge >= 0.3 is 0 Å². The molecule has 3 aromatic rings. The third-order valence-corrected chi connectivity index (χ3v) is 5.28. The van der Waals surface area contributed by atoms with Gasteiger partial charge in [0.1, 0.15) is 6.33 Å². The van der Waals surface area contributed by atoms with Crippen LogP contribution in [-0.2, 0) is 13.6 Å². The molecule has 1 saturated heterocycles. The van der Waals surface area contributed by atoms with E-state index >= 15 is 0 Å². The number of rotatable bonds is 4. The fourth-order valence-corrected chi connectivity index (χ4v) is 4.16. The Hall–Kier alpha value is -2.12. The lowest BCUT2D eigenvalue weighted by Gasteiger charge is -2.34. The molecular weight excluding hydrogens is 320 g/mol. The Labute approximate surface area is 145 Å². The Morgan fingerprint density at radius 3 is 2.92 bits per heavy atom. The molecule has 0 saturated carbocycles. The van der Waals surface area contributed by atoms with Gasteiger partial charge in [0.25, 0.3) is 0 Å². The van der Waals surface area contributed by atoms with Gasteiger partial charge in [-0.05, 0) is 12.1 Å². The van der Waals surface area contributed by atoms with Gasteiger partial charge in [0.2, 0.25) is 0 Å². The molecule has 24 heavy (non-hydrogen) atoms. The Kier molecular flexibility index (Phi) is 4.36. The summed E-state index contributed by atoms with van der Waals surface area (Å²) in [5, 5.41) is 8.97. The number of hydrogen-bond donors (Lipinski definition) is 0. The number of aromatic nitrogens is 5. The van der Waals surface area contributed by atoms with E-state index in [-0.39, 0.29) is 0 Å². The molecule has 1 atom stereocenters. The highest BCUT2D eigenvalue weighted by molar-refractivity contribution is 7.99. The maximum absolute atomic E-state index is 4.64. The molecule has 0 N–H and O–H groups in total. The molecule has 6 nitrogen and oxygen atoms in total. The summed E-state index contributed by atoms with van der Waals surface area (Å²) in [5.41, 5.74) is 2.31. The fourth-order valence-electron chi connectivity index (χ4n) is 3.00. The highest BCUT2D eigenvalue weighted by Gasteiger charge is 2.26. The Balaban J connectivity index is 1.52. The summed E-state index contributed by atoms with van der Waals surface area (Å²) in [6.07, 6.45) is 5.88. The number of hydrogen-bond acceptors (Lipinski definition) is 5. The van der Waals surface area contributed by atoms with Gasteiger partial charge in [0.15, 0.2) is 5.82 Å². The first-order valence-corrected chi connectivity index (χ1v) is 9.21. The van der Waals surface area contributed by atoms with Crippen LogP contribution in [-0.4, -0.2) is 47.5 Å². The molecule has 0 radical (unpaired) electrons. The number of thioether (sulfide) groups is 1. The quantitative estimate of drug-likeness (QED) is 0.729. The third-order valence-electron chi connectivity index (χ3n) is 4.25. The minimum Gasteiger partial charge on any atom is -0.287 e. The molecule has 1 aromatic carbocycles. The molecule has 1 fully saturated rings. The van der Waals surface area contributed by atoms with Gasteiger partial charge in [-0.15, -0.1) is 5.10 Å². The van der Waals surface area contributed by atoms with Crippen molar-refractivity contribution in [3.63, 3.8) is 0 Å². The van der Waals surface area contributed by atoms with Crippen molar-refractivity contribution >= 4 is 11.8 Å². The summed E-state index contributed by atoms with van der Waals surface area (Å²) in [6, 6.07) is 10.5. The summed E-state index contributed by atoms with van der Waals surface area (Å²) >= 11 is 2.00. The van der Waals surface area contributed by atoms with Crippen molar-refractivity contribution in [2.45, 2.75) is 12.6 Å². The number of nitrogens with zero attached hydrogens (tertiary/aromatic N) is 6. The number of aryl methyl sites for hydroxylation is 1. The van der Waals surface area contributed by atoms with Gasteiger partial charge in [-0.2, -0.15) is 16.9 Å². The van der Waals surface area contributed by atoms with E-state index in [1.807, 2.05) is 64.7 Å². The van der Waals surface area contributed by atoms with E-state index in [2.05, 4.69) is 26.3 Å². The third kappa shape index (κ3) is 3.22. The first-order chi connectivity index (χ1) is 11.8. The molecule has 7 heteroatoms. The van der Waals surface area contributed by atoms with E-state index in [1.165, 1.54) is 5.56 Å². The first kappa shape index (κ1) is 15.4. The van der Waals surface area contributed by atoms with Crippen molar-refractivity contribution in [1.29, 1.82) is 0 Å². The number of para-hydroxylation sites is 1. The minimum absolute atomic E-state index is 0.376. The molecule has 4 rings (SSSR count). The average molecular weight is 340 g/mol. The zero-order valence-electron chi connectivity index (χ0n) is 13.6. The van der Waals surface area contributed by atoms with Gasteiger partial charge in [0.05, 0.1) is 18.4 Å². The zero-order chi connectivity index (χ0) is 16.4. The maximum Gasteiger partial charge on any atom is 0.165 e. The van der Waals surface area contributed by atoms with Crippen molar-refractivity contribution in [2.75, 3.05) is 18.1 Å². The molecule has 124 valence electrons. The van der Waals surface area contributed by atoms with Crippen molar-refractivity contribution in [1.82, 2.24) is 29.4 Å². The molecular formula is C17H20N6S. The van der Waals surface area contributed by atoms with E-state index in [9.17, 15) is 0 Å². The lowest BCUT2D eigenvalue weighted by molar-refractivity contribution is 0.206. The molecule has 2 aromatic heterocycles. The SMILES string of the molecule is Cn1cc(C2CSCCN2Cc2ncn(-c3ccccc3)n2)cn1. The molecule has 0 spiro atoms. The Morgan fingerprint density at radius 2 is 2.12 bits per heavy atom. The van der Waals surface area contributed by atoms with E-state index in [4.69, 9.17) is 0 Å². The van der Waals surface area contributed by atoms with Crippen molar-refractivity contribution in [3.05, 3.63) is 60.4 Å². The normalized spacial score (nSPS) is 18.8. The van der Waals surface area contributed by atoms with E-state index in [0.717, 1.165) is 36.1 Å². The lowest BCUT2D eigenvalue weighted by atomic mass is 10.1. The van der Waals surface area contributed by atoms with Gasteiger partial charge in [-0.3, -0.25) is 9.58 Å². The Bertz CT molecular complexity index is 796. The summed E-state index contributed by atoms with van der Waals surface area (Å²) in [7, 11) is 1.97. The van der Waals surface area contributed by atoms with E-state index in [0.29, 0.717) is 6.04 Å². The van der Waals surface area contributed by atoms with Crippen LogP contribution in [0.2, 0.25) is 0 Å². The molecule has 0 bridgehead atoms. The lowest BCUT2D eigenvalue weighted by Crippen LogP contribution is -2.35. The smallest absolute Gasteiger partial charge is 0.165 e. The van der Waals surface area contributed by atoms with Crippen LogP contribution in [0, 0.1) is 0 Å². The van der Waals surface area contributed by atoms with Crippen molar-refractivity contribution < 1.29 is 0 Å². The fraction of sp³-hybridized carbons (Fsp3) is 0.353. The summed E-state index contributed by atoms with van der Waals surface area (Å²) in [5.74, 6) is 3.10. The second kappa shape index (κ2) is 6.78. The second-order valence-electron chi connectivity index (χ2n) is 5.95. The molecule has 0 aliphatic carbocycles. The van der Waals surface area contributed by atoms with Gasteiger partial charge in [0, 0.05) is 42.9 Å². The van der Waals surface area contributed by atoms with Crippen LogP contribution in [0.1, 0.15) is 17.4 Å². The predicted octanol–water partition coefficient (Wildman–Crippen LogP) is 2.29. The van der Waals surface area contributed by atoms with Crippen LogP contribution < -0.4 is 0 Å². The van der Waals surface area contributed by atoms with Crippen LogP contribution >= 0.6 is 11.8 Å². The van der Waals surface area contributed by atoms with Crippen LogP contribution in [0.4, 0.5) is 0 Å². The molecule has 0 amide bonds.